The Hall–Kier alpha value is -1.71. The van der Waals surface area contributed by atoms with Crippen LogP contribution < -0.4 is 5.73 Å². The predicted octanol–water partition coefficient (Wildman–Crippen LogP) is 1.85. The van der Waals surface area contributed by atoms with E-state index in [-0.39, 0.29) is 0 Å². The Kier molecular flexibility index (Phi) is 2.99. The molecule has 0 atom stereocenters. The number of likely N-dealkylation sites (tertiary alicyclic amines) is 1. The lowest BCUT2D eigenvalue weighted by molar-refractivity contribution is 0.442. The maximum atomic E-state index is 5.85. The zero-order chi connectivity index (χ0) is 11.5. The lowest BCUT2D eigenvalue weighted by Gasteiger charge is -2.16. The van der Waals surface area contributed by atoms with Crippen molar-refractivity contribution in [3.8, 4) is 0 Å². The van der Waals surface area contributed by atoms with Gasteiger partial charge in [0.05, 0.1) is 6.20 Å². The number of aryl methyl sites for hydroxylation is 1. The van der Waals surface area contributed by atoms with Crippen molar-refractivity contribution in [3.05, 3.63) is 30.1 Å². The van der Waals surface area contributed by atoms with Crippen LogP contribution in [0.15, 0.2) is 24.5 Å². The van der Waals surface area contributed by atoms with E-state index < -0.39 is 0 Å². The summed E-state index contributed by atoms with van der Waals surface area (Å²) in [6, 6.07) is 0. The molecule has 86 valence electrons. The average Bonchev–Trinajstić information content (AvgIpc) is 2.89. The molecular weight excluding hydrogens is 200 g/mol. The van der Waals surface area contributed by atoms with E-state index in [1.165, 1.54) is 12.8 Å². The molecule has 1 saturated heterocycles. The zero-order valence-electron chi connectivity index (χ0n) is 9.69. The molecule has 1 aliphatic rings. The average molecular weight is 218 g/mol. The molecule has 2 N–H and O–H groups in total. The third-order valence-electron chi connectivity index (χ3n) is 2.95. The van der Waals surface area contributed by atoms with Crippen LogP contribution in [0.4, 0.5) is 5.82 Å². The second kappa shape index (κ2) is 4.43. The minimum Gasteiger partial charge on any atom is -0.383 e. The Morgan fingerprint density at radius 1 is 1.50 bits per heavy atom. The minimum absolute atomic E-state index is 0.686. The number of allylic oxidation sites excluding steroid dienone is 1. The first-order valence-electron chi connectivity index (χ1n) is 5.60. The van der Waals surface area contributed by atoms with Gasteiger partial charge in [-0.3, -0.25) is 0 Å². The summed E-state index contributed by atoms with van der Waals surface area (Å²) in [7, 11) is 0. The fourth-order valence-corrected chi connectivity index (χ4v) is 1.84. The maximum absolute atomic E-state index is 5.85. The molecule has 4 heteroatoms. The largest absolute Gasteiger partial charge is 0.383 e. The second-order valence-corrected chi connectivity index (χ2v) is 4.16. The van der Waals surface area contributed by atoms with Crippen molar-refractivity contribution in [2.75, 3.05) is 18.8 Å². The number of nitrogens with zero attached hydrogens (tertiary/aromatic N) is 3. The first kappa shape index (κ1) is 10.8. The van der Waals surface area contributed by atoms with Crippen molar-refractivity contribution in [1.29, 1.82) is 0 Å². The molecule has 0 amide bonds. The molecule has 0 radical (unpaired) electrons. The molecule has 0 bridgehead atoms. The molecule has 0 spiro atoms. The van der Waals surface area contributed by atoms with Crippen molar-refractivity contribution in [2.45, 2.75) is 19.8 Å². The summed E-state index contributed by atoms with van der Waals surface area (Å²) in [6.45, 7) is 8.21. The molecule has 1 aromatic heterocycles. The van der Waals surface area contributed by atoms with Gasteiger partial charge in [-0.25, -0.2) is 4.68 Å². The summed E-state index contributed by atoms with van der Waals surface area (Å²) < 4.78 is 1.68. The van der Waals surface area contributed by atoms with Gasteiger partial charge < -0.3 is 10.6 Å². The second-order valence-electron chi connectivity index (χ2n) is 4.16. The molecule has 0 aromatic carbocycles. The normalized spacial score (nSPS) is 16.2. The zero-order valence-corrected chi connectivity index (χ0v) is 9.69. The Morgan fingerprint density at radius 3 is 2.75 bits per heavy atom. The molecule has 2 rings (SSSR count). The van der Waals surface area contributed by atoms with Crippen molar-refractivity contribution in [3.63, 3.8) is 0 Å². The fourth-order valence-electron chi connectivity index (χ4n) is 1.84. The number of hydrogen-bond donors (Lipinski definition) is 1. The Morgan fingerprint density at radius 2 is 2.19 bits per heavy atom. The molecule has 16 heavy (non-hydrogen) atoms. The van der Waals surface area contributed by atoms with E-state index in [0.29, 0.717) is 5.82 Å². The van der Waals surface area contributed by atoms with Gasteiger partial charge in [-0.2, -0.15) is 5.10 Å². The van der Waals surface area contributed by atoms with Crippen LogP contribution in [0.3, 0.4) is 0 Å². The third kappa shape index (κ3) is 2.10. The lowest BCUT2D eigenvalue weighted by Crippen LogP contribution is -2.16. The van der Waals surface area contributed by atoms with Crippen LogP contribution in [0, 0.1) is 6.92 Å². The quantitative estimate of drug-likeness (QED) is 0.788. The van der Waals surface area contributed by atoms with Crippen LogP contribution in [0.2, 0.25) is 0 Å². The molecule has 0 saturated carbocycles. The van der Waals surface area contributed by atoms with Gasteiger partial charge in [-0.15, -0.1) is 0 Å². The van der Waals surface area contributed by atoms with Gasteiger partial charge >= 0.3 is 0 Å². The SMILES string of the molecule is C=C(/C=C\n1ncc(C)c1N)N1CCCC1. The molecule has 1 fully saturated rings. The predicted molar refractivity (Wildman–Crippen MR) is 66.7 cm³/mol. The molecule has 2 heterocycles. The van der Waals surface area contributed by atoms with Crippen LogP contribution in [0.5, 0.6) is 0 Å². The number of hydrogen-bond acceptors (Lipinski definition) is 3. The topological polar surface area (TPSA) is 47.1 Å². The van der Waals surface area contributed by atoms with E-state index >= 15 is 0 Å². The van der Waals surface area contributed by atoms with E-state index in [9.17, 15) is 0 Å². The van der Waals surface area contributed by atoms with Crippen LogP contribution >= 0.6 is 0 Å². The highest BCUT2D eigenvalue weighted by atomic mass is 15.3. The Bertz CT molecular complexity index is 411. The molecule has 0 aliphatic carbocycles. The first-order valence-corrected chi connectivity index (χ1v) is 5.60. The van der Waals surface area contributed by atoms with E-state index in [2.05, 4.69) is 16.6 Å². The van der Waals surface area contributed by atoms with Gasteiger partial charge in [-0.1, -0.05) is 6.58 Å². The van der Waals surface area contributed by atoms with Gasteiger partial charge in [0, 0.05) is 30.5 Å². The summed E-state index contributed by atoms with van der Waals surface area (Å²) in [5.41, 5.74) is 7.88. The van der Waals surface area contributed by atoms with Crippen molar-refractivity contribution in [2.24, 2.45) is 0 Å². The van der Waals surface area contributed by atoms with Crippen molar-refractivity contribution < 1.29 is 0 Å². The smallest absolute Gasteiger partial charge is 0.129 e. The maximum Gasteiger partial charge on any atom is 0.129 e. The monoisotopic (exact) mass is 218 g/mol. The summed E-state index contributed by atoms with van der Waals surface area (Å²) in [5.74, 6) is 0.686. The molecule has 1 aliphatic heterocycles. The molecule has 1 aromatic rings. The van der Waals surface area contributed by atoms with Crippen molar-refractivity contribution in [1.82, 2.24) is 14.7 Å². The van der Waals surface area contributed by atoms with Gasteiger partial charge in [0.2, 0.25) is 0 Å². The standard InChI is InChI=1S/C12H18N4/c1-10-9-14-16(12(10)13)8-5-11(2)15-6-3-4-7-15/h5,8-9H,2-4,6-7,13H2,1H3/b8-5-. The molecule has 4 nitrogen and oxygen atoms in total. The van der Waals surface area contributed by atoms with E-state index in [1.807, 2.05) is 19.2 Å². The third-order valence-corrected chi connectivity index (χ3v) is 2.95. The number of rotatable bonds is 3. The minimum atomic E-state index is 0.686. The van der Waals surface area contributed by atoms with Crippen LogP contribution in [0.1, 0.15) is 18.4 Å². The number of nitrogens with two attached hydrogens (primary N) is 1. The highest BCUT2D eigenvalue weighted by Gasteiger charge is 2.11. The lowest BCUT2D eigenvalue weighted by atomic mass is 10.4. The summed E-state index contributed by atoms with van der Waals surface area (Å²) in [5, 5.41) is 4.16. The first-order chi connectivity index (χ1) is 7.68. The highest BCUT2D eigenvalue weighted by Crippen LogP contribution is 2.15. The van der Waals surface area contributed by atoms with Crippen LogP contribution in [0.25, 0.3) is 6.20 Å². The fraction of sp³-hybridized carbons (Fsp3) is 0.417. The van der Waals surface area contributed by atoms with E-state index in [0.717, 1.165) is 24.4 Å². The Labute approximate surface area is 96.0 Å². The van der Waals surface area contributed by atoms with Crippen LogP contribution in [-0.2, 0) is 0 Å². The highest BCUT2D eigenvalue weighted by molar-refractivity contribution is 5.46. The van der Waals surface area contributed by atoms with Gasteiger partial charge in [-0.05, 0) is 25.8 Å². The van der Waals surface area contributed by atoms with Gasteiger partial charge in [0.25, 0.3) is 0 Å². The van der Waals surface area contributed by atoms with Gasteiger partial charge in [0.15, 0.2) is 0 Å². The summed E-state index contributed by atoms with van der Waals surface area (Å²) in [6.07, 6.45) is 8.11. The van der Waals surface area contributed by atoms with Crippen LogP contribution in [-0.4, -0.2) is 27.8 Å². The van der Waals surface area contributed by atoms with Crippen molar-refractivity contribution >= 4 is 12.0 Å². The van der Waals surface area contributed by atoms with E-state index in [1.54, 1.807) is 10.9 Å². The number of aromatic nitrogens is 2. The van der Waals surface area contributed by atoms with E-state index in [4.69, 9.17) is 5.73 Å². The number of nitrogen functional groups attached to an aromatic ring is 1. The number of anilines is 1. The Balaban J connectivity index is 2.03. The van der Waals surface area contributed by atoms with Gasteiger partial charge in [0.1, 0.15) is 5.82 Å². The molecular formula is C12H18N4. The summed E-state index contributed by atoms with van der Waals surface area (Å²) >= 11 is 0. The summed E-state index contributed by atoms with van der Waals surface area (Å²) in [4.78, 5) is 2.28. The molecule has 0 unspecified atom stereocenters.